The van der Waals surface area contributed by atoms with Crippen molar-refractivity contribution < 1.29 is 71.8 Å². The Morgan fingerprint density at radius 3 is 2.17 bits per heavy atom. The van der Waals surface area contributed by atoms with Crippen LogP contribution in [-0.2, 0) is 57.1 Å². The van der Waals surface area contributed by atoms with E-state index in [1.165, 1.54) is 12.1 Å². The highest BCUT2D eigenvalue weighted by Gasteiger charge is 2.55. The molecule has 0 saturated carbocycles. The summed E-state index contributed by atoms with van der Waals surface area (Å²) >= 11 is 17.2. The Morgan fingerprint density at radius 1 is 1.00 bits per heavy atom. The molecule has 258 valence electrons. The van der Waals surface area contributed by atoms with Crippen LogP contribution in [0.2, 0.25) is 0 Å². The normalized spacial score (nSPS) is 27.8. The van der Waals surface area contributed by atoms with Gasteiger partial charge in [0.25, 0.3) is 9.70 Å². The molecule has 16 nitrogen and oxygen atoms in total. The summed E-state index contributed by atoms with van der Waals surface area (Å²) in [5.74, 6) is -4.89. The first-order chi connectivity index (χ1) is 22.0. The van der Waals surface area contributed by atoms with Gasteiger partial charge in [0.15, 0.2) is 24.6 Å². The molecule has 9 atom stereocenters. The third-order valence-electron chi connectivity index (χ3n) is 6.40. The van der Waals surface area contributed by atoms with E-state index in [0.717, 1.165) is 26.8 Å². The molecule has 0 aromatic heterocycles. The second kappa shape index (κ2) is 16.4. The van der Waals surface area contributed by atoms with Gasteiger partial charge in [0.2, 0.25) is 6.10 Å². The topological polar surface area (TPSA) is 209 Å². The monoisotopic (exact) mass is 725 g/mol. The number of aliphatic hydroxyl groups excluding tert-OH is 1. The standard InChI is InChI=1S/C28H30Cl3NO15/c1-5-16(20-19(36)23(24(37)46-20)47-27(39)43-15-9-7-6-8-10-15)44-25-18(32-26(38)28(29,30)31)22(42-14(4)35)21(41-13(3)34)17(45-25)11-40-12(2)33/h5-10,16-23,25,36H,1,11H2,2-4H3,(H,32,38)/t16-,17+,18+,19+,20+,21+,22+,23-,25+/m0/s1. The number of hydrogen-bond donors (Lipinski definition) is 2. The number of ether oxygens (including phenoxy) is 8. The Kier molecular flexibility index (Phi) is 13.2. The second-order valence-electron chi connectivity index (χ2n) is 9.92. The van der Waals surface area contributed by atoms with Gasteiger partial charge in [-0.1, -0.05) is 59.1 Å². The van der Waals surface area contributed by atoms with E-state index in [2.05, 4.69) is 11.9 Å². The van der Waals surface area contributed by atoms with Crippen LogP contribution in [0, 0.1) is 0 Å². The van der Waals surface area contributed by atoms with E-state index in [0.29, 0.717) is 0 Å². The SMILES string of the molecule is C=C[C@H](O[C@@H]1O[C@H](COC(C)=O)[C@@H](OC(C)=O)[C@H](OC(C)=O)[C@H]1NC(=O)C(Cl)(Cl)Cl)[C@H]1OC(=O)[C@@H](OC(=O)Oc2ccccc2)[C@@H]1O. The van der Waals surface area contributed by atoms with E-state index >= 15 is 0 Å². The lowest BCUT2D eigenvalue weighted by Gasteiger charge is -2.46. The van der Waals surface area contributed by atoms with Crippen molar-refractivity contribution in [3.05, 3.63) is 43.0 Å². The second-order valence-corrected chi connectivity index (χ2v) is 12.2. The molecule has 1 aromatic carbocycles. The molecule has 0 radical (unpaired) electrons. The van der Waals surface area contributed by atoms with Crippen molar-refractivity contribution in [1.29, 1.82) is 0 Å². The first-order valence-corrected chi connectivity index (χ1v) is 14.8. The van der Waals surface area contributed by atoms with Crippen LogP contribution >= 0.6 is 34.8 Å². The molecule has 0 unspecified atom stereocenters. The van der Waals surface area contributed by atoms with Crippen molar-refractivity contribution in [3.8, 4) is 5.75 Å². The maximum absolute atomic E-state index is 12.8. The van der Waals surface area contributed by atoms with Crippen LogP contribution in [0.25, 0.3) is 0 Å². The fourth-order valence-electron chi connectivity index (χ4n) is 4.50. The van der Waals surface area contributed by atoms with Gasteiger partial charge >= 0.3 is 30.0 Å². The molecule has 1 aromatic rings. The third-order valence-corrected chi connectivity index (χ3v) is 6.92. The molecule has 0 aliphatic carbocycles. The number of alkyl halides is 3. The number of hydrogen-bond acceptors (Lipinski definition) is 15. The van der Waals surface area contributed by atoms with Crippen molar-refractivity contribution in [1.82, 2.24) is 5.32 Å². The Labute approximate surface area is 282 Å². The van der Waals surface area contributed by atoms with Crippen molar-refractivity contribution >= 4 is 70.7 Å². The number of carbonyl (C=O) groups excluding carboxylic acids is 6. The molecule has 19 heteroatoms. The number of nitrogens with one attached hydrogen (secondary N) is 1. The zero-order valence-corrected chi connectivity index (χ0v) is 27.1. The third kappa shape index (κ3) is 10.4. The van der Waals surface area contributed by atoms with Gasteiger partial charge < -0.3 is 48.3 Å². The Balaban J connectivity index is 1.92. The molecular formula is C28H30Cl3NO15. The predicted octanol–water partition coefficient (Wildman–Crippen LogP) is 1.43. The largest absolute Gasteiger partial charge is 0.514 e. The Morgan fingerprint density at radius 2 is 1.62 bits per heavy atom. The first kappa shape index (κ1) is 37.8. The number of carbonyl (C=O) groups is 6. The van der Waals surface area contributed by atoms with Gasteiger partial charge in [0, 0.05) is 20.8 Å². The fourth-order valence-corrected chi connectivity index (χ4v) is 4.67. The minimum Gasteiger partial charge on any atom is -0.463 e. The summed E-state index contributed by atoms with van der Waals surface area (Å²) in [5.41, 5.74) is 0. The summed E-state index contributed by atoms with van der Waals surface area (Å²) in [6.07, 6.45) is -13.4. The van der Waals surface area contributed by atoms with Crippen molar-refractivity contribution in [3.63, 3.8) is 0 Å². The minimum absolute atomic E-state index is 0.0947. The average Bonchev–Trinajstić information content (AvgIpc) is 3.25. The van der Waals surface area contributed by atoms with E-state index in [4.69, 9.17) is 72.7 Å². The van der Waals surface area contributed by atoms with E-state index < -0.39 is 101 Å². The van der Waals surface area contributed by atoms with E-state index in [1.54, 1.807) is 18.2 Å². The summed E-state index contributed by atoms with van der Waals surface area (Å²) < 4.78 is 40.3. The molecule has 2 heterocycles. The van der Waals surface area contributed by atoms with Gasteiger partial charge in [-0.15, -0.1) is 6.58 Å². The van der Waals surface area contributed by atoms with Crippen LogP contribution in [-0.4, -0.2) is 107 Å². The number of esters is 4. The number of cyclic esters (lactones) is 1. The van der Waals surface area contributed by atoms with Gasteiger partial charge in [-0.25, -0.2) is 9.59 Å². The lowest BCUT2D eigenvalue weighted by Crippen LogP contribution is -2.68. The number of para-hydroxylation sites is 1. The summed E-state index contributed by atoms with van der Waals surface area (Å²) in [4.78, 5) is 73.6. The molecule has 2 aliphatic rings. The minimum atomic E-state index is -2.56. The molecule has 0 spiro atoms. The molecule has 3 rings (SSSR count). The van der Waals surface area contributed by atoms with Crippen LogP contribution in [0.1, 0.15) is 20.8 Å². The van der Waals surface area contributed by atoms with Crippen LogP contribution in [0.15, 0.2) is 43.0 Å². The van der Waals surface area contributed by atoms with Gasteiger partial charge in [-0.05, 0) is 12.1 Å². The zero-order valence-electron chi connectivity index (χ0n) is 24.9. The Hall–Kier alpha value is -3.67. The quantitative estimate of drug-likeness (QED) is 0.109. The zero-order chi connectivity index (χ0) is 35.1. The summed E-state index contributed by atoms with van der Waals surface area (Å²) in [6.45, 7) is 6.16. The van der Waals surface area contributed by atoms with E-state index in [1.807, 2.05) is 0 Å². The molecule has 47 heavy (non-hydrogen) atoms. The number of halogens is 3. The molecule has 2 saturated heterocycles. The first-order valence-electron chi connectivity index (χ1n) is 13.6. The highest BCUT2D eigenvalue weighted by molar-refractivity contribution is 6.76. The van der Waals surface area contributed by atoms with Crippen LogP contribution in [0.3, 0.4) is 0 Å². The van der Waals surface area contributed by atoms with Crippen LogP contribution in [0.4, 0.5) is 4.79 Å². The Bertz CT molecular complexity index is 1340. The lowest BCUT2D eigenvalue weighted by molar-refractivity contribution is -0.290. The molecular weight excluding hydrogens is 697 g/mol. The average molecular weight is 727 g/mol. The summed E-state index contributed by atoms with van der Waals surface area (Å²) in [6, 6.07) is 6.09. The molecule has 0 bridgehead atoms. The smallest absolute Gasteiger partial charge is 0.463 e. The summed E-state index contributed by atoms with van der Waals surface area (Å²) in [7, 11) is 0. The molecule has 2 fully saturated rings. The van der Waals surface area contributed by atoms with Crippen molar-refractivity contribution in [2.75, 3.05) is 6.61 Å². The van der Waals surface area contributed by atoms with Crippen molar-refractivity contribution in [2.24, 2.45) is 0 Å². The number of benzene rings is 1. The summed E-state index contributed by atoms with van der Waals surface area (Å²) in [5, 5.41) is 13.2. The van der Waals surface area contributed by atoms with Crippen molar-refractivity contribution in [2.45, 2.75) is 79.6 Å². The van der Waals surface area contributed by atoms with Crippen LogP contribution in [0.5, 0.6) is 5.75 Å². The van der Waals surface area contributed by atoms with Gasteiger partial charge in [0.1, 0.15) is 36.7 Å². The number of rotatable bonds is 11. The van der Waals surface area contributed by atoms with Crippen LogP contribution < -0.4 is 10.1 Å². The molecule has 1 amide bonds. The van der Waals surface area contributed by atoms with Gasteiger partial charge in [-0.2, -0.15) is 0 Å². The highest BCUT2D eigenvalue weighted by atomic mass is 35.6. The number of aliphatic hydroxyl groups is 1. The highest BCUT2D eigenvalue weighted by Crippen LogP contribution is 2.33. The maximum atomic E-state index is 12.8. The fraction of sp³-hybridized carbons (Fsp3) is 0.500. The predicted molar refractivity (Wildman–Crippen MR) is 157 cm³/mol. The van der Waals surface area contributed by atoms with Gasteiger partial charge in [-0.3, -0.25) is 19.2 Å². The number of amides is 1. The van der Waals surface area contributed by atoms with Gasteiger partial charge in [0.05, 0.1) is 0 Å². The maximum Gasteiger partial charge on any atom is 0.514 e. The van der Waals surface area contributed by atoms with E-state index in [9.17, 15) is 33.9 Å². The lowest BCUT2D eigenvalue weighted by atomic mass is 9.95. The van der Waals surface area contributed by atoms with E-state index in [-0.39, 0.29) is 5.75 Å². The molecule has 2 N–H and O–H groups in total. The molecule has 2 aliphatic heterocycles.